The molecule has 0 spiro atoms. The molecule has 2 aromatic heterocycles. The molecule has 0 saturated heterocycles. The zero-order valence-electron chi connectivity index (χ0n) is 14.5. The number of pyridine rings is 2. The number of likely N-dealkylation sites (N-methyl/N-ethyl adjacent to an activating group) is 1. The molecule has 2 aliphatic heterocycles. The van der Waals surface area contributed by atoms with Gasteiger partial charge in [-0.15, -0.1) is 10.2 Å². The Hall–Kier alpha value is -3.42. The molecule has 8 heteroatoms. The lowest BCUT2D eigenvalue weighted by Crippen LogP contribution is -2.36. The molecule has 4 heterocycles. The van der Waals surface area contributed by atoms with E-state index >= 15 is 0 Å². The fraction of sp³-hybridized carbons (Fsp3) is 0.222. The first-order chi connectivity index (χ1) is 12.5. The molecule has 0 atom stereocenters. The minimum absolute atomic E-state index is 0.0712. The van der Waals surface area contributed by atoms with Gasteiger partial charge in [-0.25, -0.2) is 4.98 Å². The third kappa shape index (κ3) is 2.22. The molecular weight excluding hydrogens is 332 g/mol. The van der Waals surface area contributed by atoms with E-state index in [0.717, 1.165) is 0 Å². The van der Waals surface area contributed by atoms with Crippen LogP contribution in [0, 0.1) is 0 Å². The second-order valence-electron chi connectivity index (χ2n) is 6.28. The summed E-state index contributed by atoms with van der Waals surface area (Å²) >= 11 is 0. The van der Waals surface area contributed by atoms with E-state index in [4.69, 9.17) is 0 Å². The Labute approximate surface area is 149 Å². The van der Waals surface area contributed by atoms with Gasteiger partial charge in [0, 0.05) is 25.5 Å². The summed E-state index contributed by atoms with van der Waals surface area (Å²) in [5.41, 5.74) is 2.03. The Kier molecular flexibility index (Phi) is 3.61. The number of anilines is 2. The van der Waals surface area contributed by atoms with Crippen LogP contribution in [0.2, 0.25) is 0 Å². The van der Waals surface area contributed by atoms with E-state index in [2.05, 4.69) is 20.2 Å². The van der Waals surface area contributed by atoms with E-state index in [-0.39, 0.29) is 29.3 Å². The van der Waals surface area contributed by atoms with Crippen molar-refractivity contribution in [2.45, 2.75) is 19.9 Å². The van der Waals surface area contributed by atoms with Crippen molar-refractivity contribution in [3.63, 3.8) is 0 Å². The summed E-state index contributed by atoms with van der Waals surface area (Å²) in [5, 5.41) is 8.23. The first kappa shape index (κ1) is 16.1. The fourth-order valence-corrected chi connectivity index (χ4v) is 3.08. The number of nitrogens with zero attached hydrogens (tertiary/aromatic N) is 6. The lowest BCUT2D eigenvalue weighted by Gasteiger charge is -2.19. The quantitative estimate of drug-likeness (QED) is 0.767. The Balaban J connectivity index is 1.82. The molecule has 0 saturated carbocycles. The van der Waals surface area contributed by atoms with Gasteiger partial charge in [0.15, 0.2) is 11.4 Å². The normalized spacial score (nSPS) is 19.1. The average molecular weight is 348 g/mol. The Morgan fingerprint density at radius 2 is 1.65 bits per heavy atom. The molecule has 0 aromatic carbocycles. The van der Waals surface area contributed by atoms with E-state index in [9.17, 15) is 9.59 Å². The maximum Gasteiger partial charge on any atom is 0.280 e. The number of rotatable bonds is 2. The standard InChI is InChI=1S/C18H16N6O2/c1-10(2)24-16-11(6-4-9-20-16)13(18(24)26)21-22-15-14-12(7-5-8-19-14)23(3)17(15)25/h4-10H,1-3H3/b21-13-,22-15?. The van der Waals surface area contributed by atoms with Crippen LogP contribution < -0.4 is 9.80 Å². The van der Waals surface area contributed by atoms with Crippen molar-refractivity contribution in [2.24, 2.45) is 10.2 Å². The first-order valence-corrected chi connectivity index (χ1v) is 8.18. The maximum atomic E-state index is 12.8. The van der Waals surface area contributed by atoms with E-state index < -0.39 is 0 Å². The predicted octanol–water partition coefficient (Wildman–Crippen LogP) is 1.40. The molecule has 0 N–H and O–H groups in total. The molecule has 26 heavy (non-hydrogen) atoms. The summed E-state index contributed by atoms with van der Waals surface area (Å²) < 4.78 is 0. The highest BCUT2D eigenvalue weighted by molar-refractivity contribution is 6.55. The van der Waals surface area contributed by atoms with Crippen LogP contribution in [0.1, 0.15) is 25.1 Å². The van der Waals surface area contributed by atoms with E-state index in [1.165, 1.54) is 4.90 Å². The van der Waals surface area contributed by atoms with Crippen molar-refractivity contribution in [2.75, 3.05) is 16.8 Å². The fourth-order valence-electron chi connectivity index (χ4n) is 3.08. The zero-order valence-corrected chi connectivity index (χ0v) is 14.5. The highest BCUT2D eigenvalue weighted by atomic mass is 16.2. The second-order valence-corrected chi connectivity index (χ2v) is 6.28. The lowest BCUT2D eigenvalue weighted by atomic mass is 10.2. The Morgan fingerprint density at radius 1 is 0.962 bits per heavy atom. The topological polar surface area (TPSA) is 91.1 Å². The van der Waals surface area contributed by atoms with Gasteiger partial charge in [0.2, 0.25) is 0 Å². The molecule has 2 aliphatic rings. The molecule has 2 aromatic rings. The van der Waals surface area contributed by atoms with Gasteiger partial charge in [0.1, 0.15) is 11.5 Å². The summed E-state index contributed by atoms with van der Waals surface area (Å²) in [6.07, 6.45) is 3.22. The van der Waals surface area contributed by atoms with Crippen molar-refractivity contribution < 1.29 is 9.59 Å². The number of amides is 2. The van der Waals surface area contributed by atoms with Crippen LogP contribution in [-0.4, -0.2) is 46.3 Å². The monoisotopic (exact) mass is 348 g/mol. The lowest BCUT2D eigenvalue weighted by molar-refractivity contribution is -0.113. The third-order valence-corrected chi connectivity index (χ3v) is 4.34. The SMILES string of the molecule is CC(C)N1C(=O)/C(=N\N=C2C(=O)N(C)c3cccnc32)c2cccnc21. The molecule has 0 bridgehead atoms. The van der Waals surface area contributed by atoms with Crippen LogP contribution in [0.25, 0.3) is 0 Å². The van der Waals surface area contributed by atoms with E-state index in [0.29, 0.717) is 22.8 Å². The summed E-state index contributed by atoms with van der Waals surface area (Å²) in [5.74, 6) is -0.0291. The van der Waals surface area contributed by atoms with Crippen LogP contribution in [0.4, 0.5) is 11.5 Å². The largest absolute Gasteiger partial charge is 0.308 e. The first-order valence-electron chi connectivity index (χ1n) is 8.18. The minimum atomic E-state index is -0.305. The van der Waals surface area contributed by atoms with Crippen molar-refractivity contribution in [1.29, 1.82) is 0 Å². The molecule has 0 aliphatic carbocycles. The third-order valence-electron chi connectivity index (χ3n) is 4.34. The van der Waals surface area contributed by atoms with Gasteiger partial charge in [0.25, 0.3) is 11.8 Å². The predicted molar refractivity (Wildman–Crippen MR) is 97.6 cm³/mol. The Bertz CT molecular complexity index is 995. The van der Waals surface area contributed by atoms with Gasteiger partial charge in [-0.2, -0.15) is 0 Å². The number of aromatic nitrogens is 2. The van der Waals surface area contributed by atoms with Crippen LogP contribution >= 0.6 is 0 Å². The number of carbonyl (C=O) groups excluding carboxylic acids is 2. The molecule has 0 fully saturated rings. The van der Waals surface area contributed by atoms with Gasteiger partial charge in [-0.3, -0.25) is 19.5 Å². The molecule has 8 nitrogen and oxygen atoms in total. The van der Waals surface area contributed by atoms with Gasteiger partial charge < -0.3 is 4.90 Å². The van der Waals surface area contributed by atoms with Crippen molar-refractivity contribution >= 4 is 34.7 Å². The average Bonchev–Trinajstić information content (AvgIpc) is 3.05. The zero-order chi connectivity index (χ0) is 18.4. The van der Waals surface area contributed by atoms with Crippen molar-refractivity contribution in [3.8, 4) is 0 Å². The van der Waals surface area contributed by atoms with E-state index in [1.54, 1.807) is 48.6 Å². The summed E-state index contributed by atoms with van der Waals surface area (Å²) in [4.78, 5) is 36.8. The summed E-state index contributed by atoms with van der Waals surface area (Å²) in [7, 11) is 1.65. The number of hydrogen-bond acceptors (Lipinski definition) is 6. The molecule has 130 valence electrons. The number of hydrogen-bond donors (Lipinski definition) is 0. The van der Waals surface area contributed by atoms with Gasteiger partial charge in [-0.05, 0) is 38.1 Å². The van der Waals surface area contributed by atoms with Crippen molar-refractivity contribution in [3.05, 3.63) is 47.9 Å². The molecule has 0 radical (unpaired) electrons. The minimum Gasteiger partial charge on any atom is -0.308 e. The van der Waals surface area contributed by atoms with Gasteiger partial charge >= 0.3 is 0 Å². The van der Waals surface area contributed by atoms with Crippen molar-refractivity contribution in [1.82, 2.24) is 9.97 Å². The summed E-state index contributed by atoms with van der Waals surface area (Å²) in [6, 6.07) is 6.98. The number of fused-ring (bicyclic) bond motifs is 2. The van der Waals surface area contributed by atoms with E-state index in [1.807, 2.05) is 13.8 Å². The van der Waals surface area contributed by atoms with Crippen LogP contribution in [0.15, 0.2) is 46.9 Å². The highest BCUT2D eigenvalue weighted by Crippen LogP contribution is 2.29. The van der Waals surface area contributed by atoms with Crippen LogP contribution in [0.3, 0.4) is 0 Å². The van der Waals surface area contributed by atoms with Gasteiger partial charge in [0.05, 0.1) is 11.3 Å². The van der Waals surface area contributed by atoms with Crippen LogP contribution in [0.5, 0.6) is 0 Å². The number of carbonyl (C=O) groups is 2. The molecule has 4 rings (SSSR count). The molecule has 0 unspecified atom stereocenters. The Morgan fingerprint density at radius 3 is 2.42 bits per heavy atom. The second kappa shape index (κ2) is 5.83. The molecule has 2 amide bonds. The van der Waals surface area contributed by atoms with Crippen LogP contribution in [-0.2, 0) is 9.59 Å². The summed E-state index contributed by atoms with van der Waals surface area (Å²) in [6.45, 7) is 3.81. The van der Waals surface area contributed by atoms with Gasteiger partial charge in [-0.1, -0.05) is 0 Å². The maximum absolute atomic E-state index is 12.8. The smallest absolute Gasteiger partial charge is 0.280 e. The highest BCUT2D eigenvalue weighted by Gasteiger charge is 2.37. The molecular formula is C18H16N6O2.